The monoisotopic (exact) mass is 791 g/mol. The van der Waals surface area contributed by atoms with Crippen LogP contribution < -0.4 is 10.1 Å². The molecule has 0 spiro atoms. The van der Waals surface area contributed by atoms with Crippen molar-refractivity contribution < 1.29 is 48.7 Å². The van der Waals surface area contributed by atoms with Crippen LogP contribution in [-0.4, -0.2) is 62.0 Å². The summed E-state index contributed by atoms with van der Waals surface area (Å²) in [5.41, 5.74) is 0.199. The molecule has 5 rings (SSSR count). The number of methoxy groups -OCH3 is 1. The van der Waals surface area contributed by atoms with Crippen LogP contribution in [0.4, 0.5) is 5.69 Å². The van der Waals surface area contributed by atoms with Crippen LogP contribution in [0.3, 0.4) is 0 Å². The van der Waals surface area contributed by atoms with Crippen LogP contribution in [0.15, 0.2) is 42.2 Å². The highest BCUT2D eigenvalue weighted by molar-refractivity contribution is 14.1. The van der Waals surface area contributed by atoms with Crippen molar-refractivity contribution in [2.75, 3.05) is 12.4 Å². The van der Waals surface area contributed by atoms with Crippen LogP contribution in [0.2, 0.25) is 0 Å². The van der Waals surface area contributed by atoms with E-state index in [2.05, 4.69) is 48.7 Å². The van der Waals surface area contributed by atoms with Gasteiger partial charge in [0.05, 0.1) is 29.0 Å². The SMILES string of the molecule is CO[C@H]1/C=C/O[C@@]2(C)Oc3c(C)c(O)c4c(O)c(cc(O)c4c3C2=O)NC(=O)/C(C)=C\C=C\[C@H](C)C[C@@H](C)[C@@H](I)[C@@H](C)[C@H](OC(C)=O)[C@@H]1C. The number of rotatable bonds is 2. The van der Waals surface area contributed by atoms with Crippen molar-refractivity contribution in [3.8, 4) is 23.0 Å². The number of allylic oxidation sites excluding steroid dienone is 3. The Labute approximate surface area is 300 Å². The molecule has 0 radical (unpaired) electrons. The molecule has 1 amide bonds. The average molecular weight is 792 g/mol. The molecule has 0 saturated carbocycles. The first-order valence-corrected chi connectivity index (χ1v) is 17.5. The smallest absolute Gasteiger partial charge is 0.312 e. The first kappa shape index (κ1) is 38.0. The summed E-state index contributed by atoms with van der Waals surface area (Å²) in [6.07, 6.45) is 8.10. The number of carbonyl (C=O) groups is 3. The van der Waals surface area contributed by atoms with Gasteiger partial charge in [-0.05, 0) is 38.2 Å². The molecule has 0 aromatic heterocycles. The van der Waals surface area contributed by atoms with Crippen LogP contribution in [0, 0.1) is 30.6 Å². The first-order valence-electron chi connectivity index (χ1n) is 16.3. The number of carbonyl (C=O) groups excluding carboxylic acids is 3. The Morgan fingerprint density at radius 2 is 1.71 bits per heavy atom. The van der Waals surface area contributed by atoms with Gasteiger partial charge in [-0.1, -0.05) is 68.5 Å². The molecule has 2 aromatic carbocycles. The number of Topliss-reactive ketones (excluding diaryl/α,β-unsaturated/α-hetero) is 1. The van der Waals surface area contributed by atoms with E-state index in [1.54, 1.807) is 25.2 Å². The zero-order chi connectivity index (χ0) is 36.5. The van der Waals surface area contributed by atoms with Gasteiger partial charge in [0.15, 0.2) is 5.75 Å². The molecule has 2 aromatic rings. The molecule has 3 aliphatic heterocycles. The Morgan fingerprint density at radius 1 is 1.04 bits per heavy atom. The van der Waals surface area contributed by atoms with Gasteiger partial charge in [-0.15, -0.1) is 0 Å². The van der Waals surface area contributed by atoms with Crippen LogP contribution in [-0.2, 0) is 23.8 Å². The molecule has 0 unspecified atom stereocenters. The highest BCUT2D eigenvalue weighted by Crippen LogP contribution is 2.53. The van der Waals surface area contributed by atoms with Crippen molar-refractivity contribution in [3.63, 3.8) is 0 Å². The average Bonchev–Trinajstić information content (AvgIpc) is 3.30. The number of ether oxygens (including phenoxy) is 4. The number of hydrogen-bond acceptors (Lipinski definition) is 10. The maximum absolute atomic E-state index is 13.9. The zero-order valence-electron chi connectivity index (χ0n) is 29.3. The molecule has 0 fully saturated rings. The third kappa shape index (κ3) is 7.54. The lowest BCUT2D eigenvalue weighted by Crippen LogP contribution is -2.42. The molecule has 5 bridgehead atoms. The standard InChI is InChI=1S/C37H46INO10/c1-17-11-10-12-18(2)36(45)39-24-16-25(41)27-28(32(24)43)31(42)22(6)34-29(27)35(44)37(8,49-34)47-14-13-26(46-9)20(4)33(48-23(7)40)21(5)30(38)19(3)15-17/h10-14,16-17,19-21,26,30,33,41-43H,15H2,1-9H3,(H,39,45)/b11-10+,14-13+,18-12-/t17-,19+,20+,21+,26-,30+,33+,37-/m0/s1. The van der Waals surface area contributed by atoms with Crippen molar-refractivity contribution >= 4 is 56.7 Å². The second-order valence-corrected chi connectivity index (χ2v) is 14.8. The molecule has 11 nitrogen and oxygen atoms in total. The molecule has 266 valence electrons. The van der Waals surface area contributed by atoms with Gasteiger partial charge in [-0.2, -0.15) is 0 Å². The molecule has 8 atom stereocenters. The first-order chi connectivity index (χ1) is 22.9. The molecule has 3 heterocycles. The lowest BCUT2D eigenvalue weighted by Gasteiger charge is -2.36. The van der Waals surface area contributed by atoms with Crippen LogP contribution in [0.5, 0.6) is 23.0 Å². The number of amides is 1. The molecular weight excluding hydrogens is 745 g/mol. The lowest BCUT2D eigenvalue weighted by atomic mass is 9.81. The van der Waals surface area contributed by atoms with Crippen molar-refractivity contribution in [1.82, 2.24) is 0 Å². The van der Waals surface area contributed by atoms with Gasteiger partial charge in [-0.3, -0.25) is 14.4 Å². The van der Waals surface area contributed by atoms with E-state index >= 15 is 0 Å². The van der Waals surface area contributed by atoms with E-state index in [-0.39, 0.29) is 60.9 Å². The van der Waals surface area contributed by atoms with E-state index in [1.807, 2.05) is 13.0 Å². The van der Waals surface area contributed by atoms with Gasteiger partial charge in [0.1, 0.15) is 23.4 Å². The summed E-state index contributed by atoms with van der Waals surface area (Å²) in [5.74, 6) is -4.99. The minimum Gasteiger partial charge on any atom is -0.507 e. The minimum atomic E-state index is -1.91. The molecular formula is C37H46INO10. The summed E-state index contributed by atoms with van der Waals surface area (Å²) in [6.45, 7) is 14.1. The number of esters is 1. The summed E-state index contributed by atoms with van der Waals surface area (Å²) in [7, 11) is 1.53. The Bertz CT molecular complexity index is 1730. The summed E-state index contributed by atoms with van der Waals surface area (Å²) in [4.78, 5) is 39.3. The summed E-state index contributed by atoms with van der Waals surface area (Å²) < 4.78 is 23.7. The molecule has 0 saturated heterocycles. The van der Waals surface area contributed by atoms with E-state index in [1.165, 1.54) is 34.1 Å². The Morgan fingerprint density at radius 3 is 2.35 bits per heavy atom. The number of fused-ring (bicyclic) bond motifs is 14. The second-order valence-electron chi connectivity index (χ2n) is 13.4. The van der Waals surface area contributed by atoms with E-state index in [9.17, 15) is 29.7 Å². The quantitative estimate of drug-likeness (QED) is 0.0804. The number of ketones is 1. The van der Waals surface area contributed by atoms with Gasteiger partial charge in [-0.25, -0.2) is 0 Å². The Hall–Kier alpha value is -3.78. The highest BCUT2D eigenvalue weighted by Gasteiger charge is 2.49. The molecule has 3 aliphatic rings. The van der Waals surface area contributed by atoms with Crippen molar-refractivity contribution in [2.24, 2.45) is 23.7 Å². The van der Waals surface area contributed by atoms with Gasteiger partial charge in [0.25, 0.3) is 11.7 Å². The number of nitrogens with one attached hydrogen (secondary N) is 1. The topological polar surface area (TPSA) is 161 Å². The van der Waals surface area contributed by atoms with Gasteiger partial charge < -0.3 is 39.6 Å². The number of phenols is 3. The molecule has 49 heavy (non-hydrogen) atoms. The predicted molar refractivity (Wildman–Crippen MR) is 194 cm³/mol. The summed E-state index contributed by atoms with van der Waals surface area (Å²) in [5, 5.41) is 35.8. The molecule has 12 heteroatoms. The number of halogens is 1. The molecule has 4 N–H and O–H groups in total. The normalized spacial score (nSPS) is 32.1. The lowest BCUT2D eigenvalue weighted by molar-refractivity contribution is -0.154. The summed E-state index contributed by atoms with van der Waals surface area (Å²) in [6, 6.07) is 1.12. The third-order valence-electron chi connectivity index (χ3n) is 9.50. The number of benzene rings is 2. The van der Waals surface area contributed by atoms with Gasteiger partial charge >= 0.3 is 11.8 Å². The fraction of sp³-hybridized carbons (Fsp3) is 0.486. The Kier molecular flexibility index (Phi) is 11.6. The van der Waals surface area contributed by atoms with Crippen LogP contribution >= 0.6 is 22.6 Å². The largest absolute Gasteiger partial charge is 0.507 e. The van der Waals surface area contributed by atoms with E-state index in [0.29, 0.717) is 5.57 Å². The van der Waals surface area contributed by atoms with Crippen LogP contribution in [0.1, 0.15) is 70.8 Å². The maximum Gasteiger partial charge on any atom is 0.312 e. The number of alkyl halides is 1. The number of phenolic OH excluding ortho intramolecular Hbond substituents is 3. The fourth-order valence-corrected chi connectivity index (χ4v) is 7.39. The van der Waals surface area contributed by atoms with Crippen molar-refractivity contribution in [3.05, 3.63) is 53.3 Å². The third-order valence-corrected chi connectivity index (χ3v) is 11.9. The minimum absolute atomic E-state index is 0.0229. The van der Waals surface area contributed by atoms with E-state index in [4.69, 9.17) is 18.9 Å². The maximum atomic E-state index is 13.9. The Balaban J connectivity index is 1.85. The van der Waals surface area contributed by atoms with Crippen molar-refractivity contribution in [1.29, 1.82) is 0 Å². The van der Waals surface area contributed by atoms with E-state index in [0.717, 1.165) is 12.5 Å². The highest BCUT2D eigenvalue weighted by atomic mass is 127. The number of hydrogen-bond donors (Lipinski definition) is 4. The molecule has 0 aliphatic carbocycles. The number of anilines is 1. The van der Waals surface area contributed by atoms with Gasteiger partial charge in [0, 0.05) is 59.3 Å². The second kappa shape index (κ2) is 15.0. The summed E-state index contributed by atoms with van der Waals surface area (Å²) >= 11 is 2.42. The van der Waals surface area contributed by atoms with Gasteiger partial charge in [0.2, 0.25) is 0 Å². The van der Waals surface area contributed by atoms with E-state index < -0.39 is 52.9 Å². The fourth-order valence-electron chi connectivity index (χ4n) is 6.69. The van der Waals surface area contributed by atoms with Crippen LogP contribution in [0.25, 0.3) is 10.8 Å². The number of aromatic hydroxyl groups is 3. The predicted octanol–water partition coefficient (Wildman–Crippen LogP) is 7.23. The van der Waals surface area contributed by atoms with Crippen molar-refractivity contribution in [2.45, 2.75) is 83.7 Å². The zero-order valence-corrected chi connectivity index (χ0v) is 31.4.